The highest BCUT2D eigenvalue weighted by molar-refractivity contribution is 5.72. The van der Waals surface area contributed by atoms with E-state index < -0.39 is 0 Å². The molecule has 0 amide bonds. The molecule has 30 heavy (non-hydrogen) atoms. The number of hydrogen-bond acceptors (Lipinski definition) is 5. The summed E-state index contributed by atoms with van der Waals surface area (Å²) >= 11 is 0. The SMILES string of the molecule is COc1cc(CCCc2nc(-c3cccnc3)nc3c2[nH]c[n+]3C(C)C)ccc1O. The van der Waals surface area contributed by atoms with Crippen LogP contribution in [0.15, 0.2) is 49.1 Å². The van der Waals surface area contributed by atoms with Crippen molar-refractivity contribution in [3.05, 3.63) is 60.3 Å². The molecule has 0 aliphatic heterocycles. The van der Waals surface area contributed by atoms with Gasteiger partial charge in [-0.15, -0.1) is 0 Å². The fraction of sp³-hybridized carbons (Fsp3) is 0.304. The molecule has 1 aromatic carbocycles. The molecule has 154 valence electrons. The number of methoxy groups -OCH3 is 1. The molecule has 0 atom stereocenters. The number of benzene rings is 1. The van der Waals surface area contributed by atoms with Crippen molar-refractivity contribution in [3.8, 4) is 22.9 Å². The normalized spacial score (nSPS) is 11.3. The van der Waals surface area contributed by atoms with Gasteiger partial charge in [-0.3, -0.25) is 9.97 Å². The molecule has 0 saturated heterocycles. The van der Waals surface area contributed by atoms with Gasteiger partial charge in [-0.2, -0.15) is 0 Å². The number of rotatable bonds is 7. The molecule has 4 rings (SSSR count). The topological polar surface area (TPSA) is 87.8 Å². The summed E-state index contributed by atoms with van der Waals surface area (Å²) in [6.07, 6.45) is 8.07. The van der Waals surface area contributed by atoms with Crippen LogP contribution in [0.4, 0.5) is 0 Å². The molecular formula is C23H26N5O2+. The predicted octanol–water partition coefficient (Wildman–Crippen LogP) is 3.78. The van der Waals surface area contributed by atoms with E-state index in [-0.39, 0.29) is 11.8 Å². The summed E-state index contributed by atoms with van der Waals surface area (Å²) in [6, 6.07) is 9.64. The van der Waals surface area contributed by atoms with Crippen molar-refractivity contribution < 1.29 is 14.4 Å². The van der Waals surface area contributed by atoms with E-state index >= 15 is 0 Å². The molecule has 3 aromatic heterocycles. The second kappa shape index (κ2) is 8.49. The maximum Gasteiger partial charge on any atom is 0.306 e. The summed E-state index contributed by atoms with van der Waals surface area (Å²) in [6.45, 7) is 4.27. The van der Waals surface area contributed by atoms with Crippen molar-refractivity contribution in [1.82, 2.24) is 19.9 Å². The molecule has 3 heterocycles. The molecule has 0 spiro atoms. The fourth-order valence-electron chi connectivity index (χ4n) is 3.56. The van der Waals surface area contributed by atoms with E-state index in [1.54, 1.807) is 25.6 Å². The maximum atomic E-state index is 9.79. The number of hydrogen-bond donors (Lipinski definition) is 2. The first-order valence-corrected chi connectivity index (χ1v) is 10.1. The number of pyridine rings is 1. The Kier molecular flexibility index (Phi) is 5.61. The Bertz CT molecular complexity index is 1160. The predicted molar refractivity (Wildman–Crippen MR) is 114 cm³/mol. The third-order valence-electron chi connectivity index (χ3n) is 5.16. The van der Waals surface area contributed by atoms with Crippen LogP contribution in [-0.2, 0) is 12.8 Å². The van der Waals surface area contributed by atoms with Crippen LogP contribution < -0.4 is 9.30 Å². The fourth-order valence-corrected chi connectivity index (χ4v) is 3.56. The van der Waals surface area contributed by atoms with Gasteiger partial charge in [-0.05, 0) is 62.9 Å². The van der Waals surface area contributed by atoms with Gasteiger partial charge in [0.05, 0.1) is 24.4 Å². The highest BCUT2D eigenvalue weighted by Crippen LogP contribution is 2.27. The van der Waals surface area contributed by atoms with Crippen LogP contribution in [0.2, 0.25) is 0 Å². The van der Waals surface area contributed by atoms with Crippen LogP contribution in [-0.4, -0.2) is 32.2 Å². The molecular weight excluding hydrogens is 378 g/mol. The average Bonchev–Trinajstić information content (AvgIpc) is 3.20. The zero-order chi connectivity index (χ0) is 21.1. The number of imidazole rings is 1. The Morgan fingerprint density at radius 1 is 1.17 bits per heavy atom. The summed E-state index contributed by atoms with van der Waals surface area (Å²) in [7, 11) is 1.56. The number of H-pyrrole nitrogens is 1. The minimum absolute atomic E-state index is 0.157. The molecule has 2 N–H and O–H groups in total. The zero-order valence-electron chi connectivity index (χ0n) is 17.5. The van der Waals surface area contributed by atoms with E-state index in [4.69, 9.17) is 14.7 Å². The van der Waals surface area contributed by atoms with Crippen LogP contribution in [0.3, 0.4) is 0 Å². The lowest BCUT2D eigenvalue weighted by Crippen LogP contribution is -2.35. The van der Waals surface area contributed by atoms with Gasteiger partial charge in [-0.1, -0.05) is 11.1 Å². The number of nitrogens with one attached hydrogen (secondary N) is 1. The molecule has 0 radical (unpaired) electrons. The quantitative estimate of drug-likeness (QED) is 0.458. The number of phenols is 1. The number of aromatic amines is 1. The monoisotopic (exact) mass is 404 g/mol. The van der Waals surface area contributed by atoms with Crippen LogP contribution in [0.1, 0.15) is 37.6 Å². The number of aryl methyl sites for hydroxylation is 2. The van der Waals surface area contributed by atoms with E-state index in [1.165, 1.54) is 0 Å². The Labute approximate surface area is 175 Å². The lowest BCUT2D eigenvalue weighted by Gasteiger charge is -2.07. The van der Waals surface area contributed by atoms with E-state index in [0.29, 0.717) is 11.6 Å². The first kappa shape index (κ1) is 19.8. The lowest BCUT2D eigenvalue weighted by atomic mass is 10.1. The largest absolute Gasteiger partial charge is 0.504 e. The van der Waals surface area contributed by atoms with E-state index in [0.717, 1.165) is 47.2 Å². The number of nitrogens with zero attached hydrogens (tertiary/aromatic N) is 4. The number of aromatic nitrogens is 5. The molecule has 0 fully saturated rings. The summed E-state index contributed by atoms with van der Waals surface area (Å²) in [5.74, 6) is 1.34. The third-order valence-corrected chi connectivity index (χ3v) is 5.16. The zero-order valence-corrected chi connectivity index (χ0v) is 17.5. The second-order valence-corrected chi connectivity index (χ2v) is 7.57. The molecule has 0 saturated carbocycles. The van der Waals surface area contributed by atoms with Gasteiger partial charge in [-0.25, -0.2) is 9.55 Å². The molecule has 7 heteroatoms. The molecule has 4 aromatic rings. The number of aromatic hydroxyl groups is 1. The highest BCUT2D eigenvalue weighted by Gasteiger charge is 2.21. The van der Waals surface area contributed by atoms with Gasteiger partial charge in [0.2, 0.25) is 5.82 Å². The Hall–Kier alpha value is -3.48. The molecule has 0 aliphatic rings. The summed E-state index contributed by atoms with van der Waals surface area (Å²) < 4.78 is 7.34. The Balaban J connectivity index is 1.64. The van der Waals surface area contributed by atoms with E-state index in [1.807, 2.05) is 30.6 Å². The van der Waals surface area contributed by atoms with Crippen molar-refractivity contribution in [3.63, 3.8) is 0 Å². The molecule has 0 bridgehead atoms. The number of fused-ring (bicyclic) bond motifs is 1. The van der Waals surface area contributed by atoms with Crippen LogP contribution >= 0.6 is 0 Å². The van der Waals surface area contributed by atoms with Crippen LogP contribution in [0.5, 0.6) is 11.5 Å². The summed E-state index contributed by atoms with van der Waals surface area (Å²) in [4.78, 5) is 17.3. The van der Waals surface area contributed by atoms with E-state index in [2.05, 4.69) is 28.4 Å². The van der Waals surface area contributed by atoms with Gasteiger partial charge < -0.3 is 9.84 Å². The smallest absolute Gasteiger partial charge is 0.306 e. The van der Waals surface area contributed by atoms with Crippen molar-refractivity contribution in [2.75, 3.05) is 7.11 Å². The van der Waals surface area contributed by atoms with E-state index in [9.17, 15) is 5.11 Å². The van der Waals surface area contributed by atoms with Crippen molar-refractivity contribution in [2.45, 2.75) is 39.2 Å². The highest BCUT2D eigenvalue weighted by atomic mass is 16.5. The molecule has 7 nitrogen and oxygen atoms in total. The van der Waals surface area contributed by atoms with Gasteiger partial charge in [0.25, 0.3) is 0 Å². The van der Waals surface area contributed by atoms with Gasteiger partial charge in [0, 0.05) is 12.4 Å². The molecule has 0 unspecified atom stereocenters. The Morgan fingerprint density at radius 3 is 2.77 bits per heavy atom. The standard InChI is InChI=1S/C23H25N5O2/c1-15(2)28-14-25-21-18(8-4-6-16-9-10-19(29)20(12-16)30-3)26-22(27-23(21)28)17-7-5-11-24-13-17/h5,7,9-15,29H,4,6,8H2,1-3H3/p+1. The molecule has 0 aliphatic carbocycles. The lowest BCUT2D eigenvalue weighted by molar-refractivity contribution is -0.692. The summed E-state index contributed by atoms with van der Waals surface area (Å²) in [5.41, 5.74) is 4.88. The maximum absolute atomic E-state index is 9.79. The summed E-state index contributed by atoms with van der Waals surface area (Å²) in [5, 5.41) is 9.79. The second-order valence-electron chi connectivity index (χ2n) is 7.57. The van der Waals surface area contributed by atoms with Crippen LogP contribution in [0, 0.1) is 0 Å². The third kappa shape index (κ3) is 3.96. The van der Waals surface area contributed by atoms with Crippen molar-refractivity contribution >= 4 is 11.2 Å². The Morgan fingerprint density at radius 2 is 2.03 bits per heavy atom. The first-order valence-electron chi connectivity index (χ1n) is 10.1. The van der Waals surface area contributed by atoms with Crippen LogP contribution in [0.25, 0.3) is 22.6 Å². The minimum atomic E-state index is 0.157. The van der Waals surface area contributed by atoms with Crippen molar-refractivity contribution in [2.24, 2.45) is 0 Å². The first-order chi connectivity index (χ1) is 14.6. The van der Waals surface area contributed by atoms with Gasteiger partial charge in [0.1, 0.15) is 0 Å². The van der Waals surface area contributed by atoms with Gasteiger partial charge in [0.15, 0.2) is 23.3 Å². The average molecular weight is 404 g/mol. The van der Waals surface area contributed by atoms with Crippen molar-refractivity contribution in [1.29, 1.82) is 0 Å². The number of phenolic OH excluding ortho intramolecular Hbond substituents is 1. The minimum Gasteiger partial charge on any atom is -0.504 e. The van der Waals surface area contributed by atoms with Gasteiger partial charge >= 0.3 is 5.65 Å². The number of ether oxygens (including phenoxy) is 1.